The van der Waals surface area contributed by atoms with Crippen LogP contribution >= 0.6 is 11.6 Å². The summed E-state index contributed by atoms with van der Waals surface area (Å²) < 4.78 is 36.6. The maximum absolute atomic E-state index is 12.7. The van der Waals surface area contributed by atoms with Crippen LogP contribution in [0.15, 0.2) is 41.2 Å². The van der Waals surface area contributed by atoms with Crippen molar-refractivity contribution in [2.45, 2.75) is 13.0 Å². The molecule has 1 unspecified atom stereocenters. The Morgan fingerprint density at radius 3 is 2.57 bits per heavy atom. The zero-order valence-electron chi connectivity index (χ0n) is 15.7. The summed E-state index contributed by atoms with van der Waals surface area (Å²) in [6.07, 6.45) is 1.14. The van der Waals surface area contributed by atoms with Gasteiger partial charge >= 0.3 is 5.69 Å². The summed E-state index contributed by atoms with van der Waals surface area (Å²) in [5, 5.41) is 0.476. The molecule has 0 saturated heterocycles. The van der Waals surface area contributed by atoms with Crippen molar-refractivity contribution in [3.8, 4) is 11.5 Å². The lowest BCUT2D eigenvalue weighted by molar-refractivity contribution is 0.310. The molecule has 1 N–H and O–H groups in total. The van der Waals surface area contributed by atoms with Crippen molar-refractivity contribution in [3.05, 3.63) is 57.5 Å². The standard InChI is InChI=1S/C19H21ClN2O5S/c1-4-27-18-9-12(5-8-17(18)26-2)16(11-28(3,24)25)22-15-7-6-13(20)10-14(15)21-19(22)23/h5-10,16H,4,11H2,1-3H3,(H,21,23). The molecule has 0 radical (unpaired) electrons. The number of hydrogen-bond donors (Lipinski definition) is 1. The first-order valence-electron chi connectivity index (χ1n) is 8.61. The van der Waals surface area contributed by atoms with Gasteiger partial charge in [-0.25, -0.2) is 13.2 Å². The predicted octanol–water partition coefficient (Wildman–Crippen LogP) is 3.02. The number of hydrogen-bond acceptors (Lipinski definition) is 5. The molecule has 2 aromatic carbocycles. The third kappa shape index (κ3) is 4.18. The zero-order valence-corrected chi connectivity index (χ0v) is 17.3. The first-order valence-corrected chi connectivity index (χ1v) is 11.1. The van der Waals surface area contributed by atoms with E-state index in [4.69, 9.17) is 21.1 Å². The summed E-state index contributed by atoms with van der Waals surface area (Å²) in [5.41, 5.74) is 1.30. The van der Waals surface area contributed by atoms with Gasteiger partial charge in [0.15, 0.2) is 11.5 Å². The molecular weight excluding hydrogens is 404 g/mol. The van der Waals surface area contributed by atoms with E-state index in [1.54, 1.807) is 36.4 Å². The number of sulfone groups is 1. The Bertz CT molecular complexity index is 1170. The molecule has 0 bridgehead atoms. The Hall–Kier alpha value is -2.45. The number of rotatable bonds is 7. The Kier molecular flexibility index (Phi) is 5.71. The van der Waals surface area contributed by atoms with Crippen LogP contribution < -0.4 is 15.2 Å². The zero-order chi connectivity index (χ0) is 20.5. The summed E-state index contributed by atoms with van der Waals surface area (Å²) in [6.45, 7) is 2.26. The van der Waals surface area contributed by atoms with Crippen LogP contribution in [0.5, 0.6) is 11.5 Å². The maximum Gasteiger partial charge on any atom is 0.327 e. The predicted molar refractivity (Wildman–Crippen MR) is 110 cm³/mol. The van der Waals surface area contributed by atoms with Crippen molar-refractivity contribution in [1.82, 2.24) is 9.55 Å². The van der Waals surface area contributed by atoms with Gasteiger partial charge in [0.2, 0.25) is 0 Å². The number of halogens is 1. The topological polar surface area (TPSA) is 90.4 Å². The summed E-state index contributed by atoms with van der Waals surface area (Å²) in [7, 11) is -1.88. The first kappa shape index (κ1) is 20.3. The summed E-state index contributed by atoms with van der Waals surface area (Å²) >= 11 is 6.01. The highest BCUT2D eigenvalue weighted by Gasteiger charge is 2.25. The number of methoxy groups -OCH3 is 1. The van der Waals surface area contributed by atoms with Crippen molar-refractivity contribution in [1.29, 1.82) is 0 Å². The number of fused-ring (bicyclic) bond motifs is 1. The molecule has 1 atom stereocenters. The molecule has 0 aliphatic heterocycles. The second kappa shape index (κ2) is 7.89. The molecule has 7 nitrogen and oxygen atoms in total. The summed E-state index contributed by atoms with van der Waals surface area (Å²) in [6, 6.07) is 9.38. The van der Waals surface area contributed by atoms with Crippen LogP contribution in [0.1, 0.15) is 18.5 Å². The minimum absolute atomic E-state index is 0.250. The lowest BCUT2D eigenvalue weighted by Crippen LogP contribution is -2.28. The van der Waals surface area contributed by atoms with Gasteiger partial charge in [0.05, 0.1) is 36.5 Å². The number of nitrogens with one attached hydrogen (secondary N) is 1. The molecule has 0 aliphatic carbocycles. The van der Waals surface area contributed by atoms with Crippen molar-refractivity contribution >= 4 is 32.5 Å². The van der Waals surface area contributed by atoms with Crippen LogP contribution in [0.25, 0.3) is 11.0 Å². The average molecular weight is 425 g/mol. The first-order chi connectivity index (χ1) is 13.2. The van der Waals surface area contributed by atoms with Crippen LogP contribution in [0, 0.1) is 0 Å². The smallest absolute Gasteiger partial charge is 0.327 e. The Morgan fingerprint density at radius 2 is 1.93 bits per heavy atom. The van der Waals surface area contributed by atoms with E-state index < -0.39 is 21.6 Å². The number of ether oxygens (including phenoxy) is 2. The number of H-pyrrole nitrogens is 1. The van der Waals surface area contributed by atoms with Crippen molar-refractivity contribution in [3.63, 3.8) is 0 Å². The van der Waals surface area contributed by atoms with Crippen LogP contribution in [0.2, 0.25) is 5.02 Å². The van der Waals surface area contributed by atoms with Crippen LogP contribution in [-0.2, 0) is 9.84 Å². The summed E-state index contributed by atoms with van der Waals surface area (Å²) in [4.78, 5) is 15.4. The third-order valence-corrected chi connectivity index (χ3v) is 5.48. The lowest BCUT2D eigenvalue weighted by Gasteiger charge is -2.20. The molecule has 0 spiro atoms. The maximum atomic E-state index is 12.7. The largest absolute Gasteiger partial charge is 0.493 e. The lowest BCUT2D eigenvalue weighted by atomic mass is 10.1. The number of aromatic amines is 1. The van der Waals surface area contributed by atoms with Gasteiger partial charge in [-0.3, -0.25) is 4.57 Å². The van der Waals surface area contributed by atoms with E-state index in [0.29, 0.717) is 39.7 Å². The Morgan fingerprint density at radius 1 is 1.18 bits per heavy atom. The SMILES string of the molecule is CCOc1cc(C(CS(C)(=O)=O)n2c(=O)[nH]c3cc(Cl)ccc32)ccc1OC. The second-order valence-corrected chi connectivity index (χ2v) is 9.03. The summed E-state index contributed by atoms with van der Waals surface area (Å²) in [5.74, 6) is 0.763. The average Bonchev–Trinajstić information content (AvgIpc) is 2.94. The van der Waals surface area contributed by atoms with Crippen LogP contribution in [0.4, 0.5) is 0 Å². The molecule has 0 aliphatic rings. The minimum atomic E-state index is -3.40. The molecule has 3 aromatic rings. The number of benzene rings is 2. The fourth-order valence-electron chi connectivity index (χ4n) is 3.19. The van der Waals surface area contributed by atoms with E-state index in [1.165, 1.54) is 11.7 Å². The van der Waals surface area contributed by atoms with Gasteiger partial charge in [0.1, 0.15) is 9.84 Å². The number of imidazole rings is 1. The Labute approximate surface area is 167 Å². The van der Waals surface area contributed by atoms with Crippen molar-refractivity contribution in [2.24, 2.45) is 0 Å². The van der Waals surface area contributed by atoms with Gasteiger partial charge in [-0.15, -0.1) is 0 Å². The molecule has 0 saturated carbocycles. The molecule has 3 rings (SSSR count). The van der Waals surface area contributed by atoms with Gasteiger partial charge in [-0.2, -0.15) is 0 Å². The second-order valence-electron chi connectivity index (χ2n) is 6.41. The van der Waals surface area contributed by atoms with Gasteiger partial charge in [0, 0.05) is 11.3 Å². The van der Waals surface area contributed by atoms with Gasteiger partial charge < -0.3 is 14.5 Å². The number of aromatic nitrogens is 2. The normalized spacial score (nSPS) is 12.9. The van der Waals surface area contributed by atoms with Crippen molar-refractivity contribution in [2.75, 3.05) is 25.7 Å². The van der Waals surface area contributed by atoms with Crippen LogP contribution in [0.3, 0.4) is 0 Å². The van der Waals surface area contributed by atoms with E-state index in [9.17, 15) is 13.2 Å². The molecule has 1 aromatic heterocycles. The molecule has 28 heavy (non-hydrogen) atoms. The Balaban J connectivity index is 2.23. The van der Waals surface area contributed by atoms with E-state index >= 15 is 0 Å². The third-order valence-electron chi connectivity index (χ3n) is 4.32. The quantitative estimate of drug-likeness (QED) is 0.629. The number of nitrogens with zero attached hydrogens (tertiary/aromatic N) is 1. The van der Waals surface area contributed by atoms with E-state index in [-0.39, 0.29) is 5.75 Å². The molecule has 0 fully saturated rings. The van der Waals surface area contributed by atoms with Gasteiger partial charge in [-0.05, 0) is 42.8 Å². The highest BCUT2D eigenvalue weighted by atomic mass is 35.5. The monoisotopic (exact) mass is 424 g/mol. The van der Waals surface area contributed by atoms with Crippen molar-refractivity contribution < 1.29 is 17.9 Å². The molecule has 0 amide bonds. The van der Waals surface area contributed by atoms with E-state index in [2.05, 4.69) is 4.98 Å². The van der Waals surface area contributed by atoms with Crippen LogP contribution in [-0.4, -0.2) is 43.7 Å². The highest BCUT2D eigenvalue weighted by Crippen LogP contribution is 2.33. The highest BCUT2D eigenvalue weighted by molar-refractivity contribution is 7.90. The van der Waals surface area contributed by atoms with Gasteiger partial charge in [0.25, 0.3) is 0 Å². The van der Waals surface area contributed by atoms with E-state index in [1.807, 2.05) is 6.92 Å². The molecule has 150 valence electrons. The molecular formula is C19H21ClN2O5S. The fraction of sp³-hybridized carbons (Fsp3) is 0.316. The molecule has 9 heteroatoms. The van der Waals surface area contributed by atoms with E-state index in [0.717, 1.165) is 6.26 Å². The van der Waals surface area contributed by atoms with Gasteiger partial charge in [-0.1, -0.05) is 17.7 Å². The molecule has 1 heterocycles. The fourth-order valence-corrected chi connectivity index (χ4v) is 4.28. The minimum Gasteiger partial charge on any atom is -0.493 e.